The Kier molecular flexibility index (Phi) is 7.08. The summed E-state index contributed by atoms with van der Waals surface area (Å²) in [5, 5.41) is 14.8. The van der Waals surface area contributed by atoms with E-state index in [9.17, 15) is 0 Å². The Bertz CT molecular complexity index is 278. The Labute approximate surface area is 121 Å². The van der Waals surface area contributed by atoms with E-state index in [0.29, 0.717) is 11.3 Å². The number of nitrogens with one attached hydrogen (secondary N) is 1. The molecule has 106 valence electrons. The topological polar surface area (TPSA) is 98.4 Å². The van der Waals surface area contributed by atoms with Crippen molar-refractivity contribution in [3.05, 3.63) is 12.7 Å². The first kappa shape index (κ1) is 17.6. The van der Waals surface area contributed by atoms with Crippen LogP contribution in [0.25, 0.3) is 5.73 Å². The number of carbonyl (C=O) groups is 2. The molecule has 6 heteroatoms. The van der Waals surface area contributed by atoms with Gasteiger partial charge in [-0.2, -0.15) is 5.92 Å². The quantitative estimate of drug-likeness (QED) is 0.450. The summed E-state index contributed by atoms with van der Waals surface area (Å²) in [7, 11) is 0. The molecule has 1 spiro atoms. The third kappa shape index (κ3) is 3.79. The van der Waals surface area contributed by atoms with Crippen molar-refractivity contribution < 1.29 is 40.9 Å². The van der Waals surface area contributed by atoms with Gasteiger partial charge >= 0.3 is 33.0 Å². The van der Waals surface area contributed by atoms with Gasteiger partial charge in [0.05, 0.1) is 0 Å². The monoisotopic (exact) mass is 436 g/mol. The normalized spacial score (nSPS) is 33.4. The molecule has 0 bridgehead atoms. The summed E-state index contributed by atoms with van der Waals surface area (Å²) in [5.74, 6) is -3.06. The second-order valence-corrected chi connectivity index (χ2v) is 4.88. The van der Waals surface area contributed by atoms with Crippen LogP contribution in [0.4, 0.5) is 0 Å². The van der Waals surface area contributed by atoms with Crippen LogP contribution < -0.4 is 0 Å². The summed E-state index contributed by atoms with van der Waals surface area (Å²) in [6.07, 6.45) is 7.58. The van der Waals surface area contributed by atoms with Crippen LogP contribution in [0.15, 0.2) is 0 Å². The molecule has 0 saturated heterocycles. The van der Waals surface area contributed by atoms with E-state index < -0.39 is 11.9 Å². The van der Waals surface area contributed by atoms with Crippen LogP contribution in [0.3, 0.4) is 0 Å². The van der Waals surface area contributed by atoms with Gasteiger partial charge in [0.1, 0.15) is 0 Å². The van der Waals surface area contributed by atoms with Crippen molar-refractivity contribution in [2.24, 2.45) is 11.3 Å². The largest absolute Gasteiger partial charge is 2.00 e. The zero-order chi connectivity index (χ0) is 13.1. The molecule has 0 radical (unpaired) electrons. The predicted octanol–water partition coefficient (Wildman–Crippen LogP) is 2.36. The van der Waals surface area contributed by atoms with Gasteiger partial charge < -0.3 is 22.9 Å². The third-order valence-corrected chi connectivity index (χ3v) is 4.02. The van der Waals surface area contributed by atoms with Gasteiger partial charge in [-0.1, -0.05) is 43.9 Å². The first-order valence-electron chi connectivity index (χ1n) is 5.90. The van der Waals surface area contributed by atoms with E-state index in [4.69, 9.17) is 25.5 Å². The average molecular weight is 436 g/mol. The predicted molar refractivity (Wildman–Crippen MR) is 62.4 cm³/mol. The molecule has 18 heavy (non-hydrogen) atoms. The summed E-state index contributed by atoms with van der Waals surface area (Å²) in [6, 6.07) is 0.215. The maximum absolute atomic E-state index is 9.10. The number of rotatable bonds is 0. The van der Waals surface area contributed by atoms with Crippen LogP contribution in [0, 0.1) is 18.3 Å². The Morgan fingerprint density at radius 3 is 1.83 bits per heavy atom. The Morgan fingerprint density at radius 2 is 1.56 bits per heavy atom. The van der Waals surface area contributed by atoms with Crippen LogP contribution in [0.2, 0.25) is 0 Å². The maximum Gasteiger partial charge on any atom is 2.00 e. The summed E-state index contributed by atoms with van der Waals surface area (Å²) in [6.45, 7) is 4.20. The molecule has 2 aliphatic rings. The molecule has 0 amide bonds. The number of carboxylic acid groups (broad SMARTS) is 2. The molecule has 0 aromatic carbocycles. The summed E-state index contributed by atoms with van der Waals surface area (Å²) in [4.78, 5) is 18.2. The second-order valence-electron chi connectivity index (χ2n) is 4.88. The van der Waals surface area contributed by atoms with E-state index in [-0.39, 0.29) is 27.1 Å². The van der Waals surface area contributed by atoms with E-state index >= 15 is 0 Å². The van der Waals surface area contributed by atoms with Crippen LogP contribution in [0.5, 0.6) is 0 Å². The van der Waals surface area contributed by atoms with Crippen molar-refractivity contribution in [3.8, 4) is 0 Å². The molecule has 0 heterocycles. The Hall–Kier alpha value is -0.412. The number of aliphatic carboxylic acids is 2. The number of hydrogen-bond donors (Lipinski definition) is 2. The molecule has 3 atom stereocenters. The smallest absolute Gasteiger partial charge is 0.674 e. The minimum atomic E-state index is -1.82. The summed E-state index contributed by atoms with van der Waals surface area (Å²) < 4.78 is 0. The van der Waals surface area contributed by atoms with Gasteiger partial charge in [0.2, 0.25) is 0 Å². The van der Waals surface area contributed by atoms with Crippen LogP contribution in [-0.4, -0.2) is 28.2 Å². The minimum absolute atomic E-state index is 0. The fourth-order valence-electron chi connectivity index (χ4n) is 3.05. The van der Waals surface area contributed by atoms with Crippen molar-refractivity contribution >= 4 is 11.9 Å². The molecule has 3 N–H and O–H groups in total. The average Bonchev–Trinajstić information content (AvgIpc) is 2.78. The van der Waals surface area contributed by atoms with Crippen LogP contribution in [-0.2, 0) is 30.7 Å². The van der Waals surface area contributed by atoms with Crippen LogP contribution in [0.1, 0.15) is 38.5 Å². The van der Waals surface area contributed by atoms with E-state index in [1.165, 1.54) is 32.1 Å². The summed E-state index contributed by atoms with van der Waals surface area (Å²) >= 11 is 0. The van der Waals surface area contributed by atoms with E-state index in [2.05, 4.69) is 6.92 Å². The first-order valence-corrected chi connectivity index (χ1v) is 5.90. The van der Waals surface area contributed by atoms with E-state index in [1.807, 2.05) is 0 Å². The van der Waals surface area contributed by atoms with Crippen molar-refractivity contribution in [2.75, 3.05) is 0 Å². The van der Waals surface area contributed by atoms with Crippen LogP contribution >= 0.6 is 0 Å². The van der Waals surface area contributed by atoms with Gasteiger partial charge in [0.25, 0.3) is 0 Å². The van der Waals surface area contributed by atoms with Gasteiger partial charge in [-0.15, -0.1) is 6.04 Å². The van der Waals surface area contributed by atoms with Crippen molar-refractivity contribution in [2.45, 2.75) is 44.6 Å². The molecule has 2 saturated carbocycles. The fraction of sp³-hybridized carbons (Fsp3) is 0.750. The van der Waals surface area contributed by atoms with Crippen molar-refractivity contribution in [1.29, 1.82) is 0 Å². The fourth-order valence-corrected chi connectivity index (χ4v) is 3.05. The number of carboxylic acids is 2. The van der Waals surface area contributed by atoms with Gasteiger partial charge in [-0.3, -0.25) is 0 Å². The molecule has 0 aliphatic heterocycles. The SMILES string of the molecule is O=C(O)C(=O)O.[CH2-][C@@H]1CCC[C@@]12CCC[C@@H]2[NH-].[Pt+2]. The Balaban J connectivity index is 0.000000362. The summed E-state index contributed by atoms with van der Waals surface area (Å²) in [5.41, 5.74) is 8.33. The molecule has 0 aromatic heterocycles. The molecule has 2 aliphatic carbocycles. The molecule has 5 nitrogen and oxygen atoms in total. The molecule has 0 unspecified atom stereocenters. The zero-order valence-corrected chi connectivity index (χ0v) is 12.4. The minimum Gasteiger partial charge on any atom is -0.674 e. The molecule has 0 aromatic rings. The third-order valence-electron chi connectivity index (χ3n) is 4.02. The Morgan fingerprint density at radius 1 is 1.11 bits per heavy atom. The van der Waals surface area contributed by atoms with Gasteiger partial charge in [0.15, 0.2) is 0 Å². The maximum atomic E-state index is 9.10. The molecule has 2 fully saturated rings. The van der Waals surface area contributed by atoms with E-state index in [1.54, 1.807) is 0 Å². The van der Waals surface area contributed by atoms with Gasteiger partial charge in [-0.25, -0.2) is 9.59 Å². The van der Waals surface area contributed by atoms with Crippen molar-refractivity contribution in [1.82, 2.24) is 0 Å². The van der Waals surface area contributed by atoms with Gasteiger partial charge in [-0.05, 0) is 0 Å². The number of hydrogen-bond acceptors (Lipinski definition) is 2. The molecular formula is C12H19NO4Pt. The van der Waals surface area contributed by atoms with E-state index in [0.717, 1.165) is 6.42 Å². The standard InChI is InChI=1S/C10H17N.C2H2O4.Pt/c1-8-4-2-6-10(8)7-3-5-9(10)11;3-1(4)2(5)6;/h8-9,11H,1-7H2;(H,3,4)(H,5,6);/q-2;;+2/t8-,9+,10-;;/m1../s1. The molecular weight excluding hydrogens is 417 g/mol. The van der Waals surface area contributed by atoms with Gasteiger partial charge in [0, 0.05) is 0 Å². The first-order chi connectivity index (χ1) is 7.90. The second kappa shape index (κ2) is 7.24. The molecule has 2 rings (SSSR count). The zero-order valence-electron chi connectivity index (χ0n) is 10.1. The van der Waals surface area contributed by atoms with Crippen molar-refractivity contribution in [3.63, 3.8) is 0 Å².